The van der Waals surface area contributed by atoms with Gasteiger partial charge in [-0.15, -0.1) is 0 Å². The highest BCUT2D eigenvalue weighted by molar-refractivity contribution is 5.96. The molecule has 9 heteroatoms. The molecule has 3 rings (SSSR count). The van der Waals surface area contributed by atoms with Crippen LogP contribution in [0.15, 0.2) is 36.4 Å². The predicted octanol–water partition coefficient (Wildman–Crippen LogP) is 4.52. The number of hydrogen-bond donors (Lipinski definition) is 1. The number of carbonyl (C=O) groups is 2. The Hall–Kier alpha value is -3.23. The minimum atomic E-state index is -4.49. The lowest BCUT2D eigenvalue weighted by Gasteiger charge is -2.31. The highest BCUT2D eigenvalue weighted by Crippen LogP contribution is 2.34. The van der Waals surface area contributed by atoms with E-state index in [-0.39, 0.29) is 23.1 Å². The summed E-state index contributed by atoms with van der Waals surface area (Å²) in [5.41, 5.74) is -0.153. The Morgan fingerprint density at radius 2 is 1.59 bits per heavy atom. The van der Waals surface area contributed by atoms with E-state index in [1.165, 1.54) is 33.3 Å². The van der Waals surface area contributed by atoms with Crippen LogP contribution in [0.5, 0.6) is 11.5 Å². The number of halogens is 3. The van der Waals surface area contributed by atoms with Crippen molar-refractivity contribution < 1.29 is 32.2 Å². The largest absolute Gasteiger partial charge is 0.497 e. The van der Waals surface area contributed by atoms with Crippen LogP contribution in [0.4, 0.5) is 18.9 Å². The Bertz CT molecular complexity index is 977. The van der Waals surface area contributed by atoms with E-state index in [4.69, 9.17) is 9.47 Å². The number of likely N-dealkylation sites (tertiary alicyclic amines) is 1. The normalized spacial score (nSPS) is 14.8. The molecule has 1 N–H and O–H groups in total. The fourth-order valence-corrected chi connectivity index (χ4v) is 3.71. The number of rotatable bonds is 5. The average molecular weight is 450 g/mol. The van der Waals surface area contributed by atoms with Crippen LogP contribution in [0, 0.1) is 12.8 Å². The summed E-state index contributed by atoms with van der Waals surface area (Å²) in [7, 11) is 3.00. The van der Waals surface area contributed by atoms with Gasteiger partial charge in [-0.2, -0.15) is 13.2 Å². The first-order valence-electron chi connectivity index (χ1n) is 10.1. The number of methoxy groups -OCH3 is 2. The maximum Gasteiger partial charge on any atom is 0.416 e. The van der Waals surface area contributed by atoms with Gasteiger partial charge in [0.25, 0.3) is 5.91 Å². The molecule has 0 atom stereocenters. The molecule has 2 amide bonds. The molecule has 1 saturated heterocycles. The summed E-state index contributed by atoms with van der Waals surface area (Å²) in [6.07, 6.45) is -3.66. The molecule has 0 unspecified atom stereocenters. The number of nitrogens with zero attached hydrogens (tertiary/aromatic N) is 1. The smallest absolute Gasteiger partial charge is 0.416 e. The molecule has 0 spiro atoms. The lowest BCUT2D eigenvalue weighted by Crippen LogP contribution is -2.41. The molecule has 1 fully saturated rings. The van der Waals surface area contributed by atoms with Gasteiger partial charge >= 0.3 is 6.18 Å². The summed E-state index contributed by atoms with van der Waals surface area (Å²) in [5.74, 6) is 0.0534. The first-order chi connectivity index (χ1) is 15.1. The Morgan fingerprint density at radius 3 is 2.12 bits per heavy atom. The van der Waals surface area contributed by atoms with Crippen molar-refractivity contribution in [2.24, 2.45) is 5.92 Å². The van der Waals surface area contributed by atoms with Gasteiger partial charge in [-0.1, -0.05) is 6.07 Å². The number of benzene rings is 2. The minimum absolute atomic E-state index is 0.0940. The maximum atomic E-state index is 13.1. The SMILES string of the molecule is COc1cc(OC)cc(C(=O)N2CCC(C(=O)Nc3ccc(C)c(C(F)(F)F)c3)CC2)c1. The fourth-order valence-electron chi connectivity index (χ4n) is 3.71. The molecule has 0 aromatic heterocycles. The first kappa shape index (κ1) is 23.4. The number of nitrogens with one attached hydrogen (secondary N) is 1. The third-order valence-electron chi connectivity index (χ3n) is 5.56. The second-order valence-corrected chi connectivity index (χ2v) is 7.68. The summed E-state index contributed by atoms with van der Waals surface area (Å²) in [4.78, 5) is 27.1. The minimum Gasteiger partial charge on any atom is -0.497 e. The van der Waals surface area contributed by atoms with E-state index < -0.39 is 17.7 Å². The molecule has 2 aromatic rings. The van der Waals surface area contributed by atoms with Crippen LogP contribution in [0.2, 0.25) is 0 Å². The molecule has 6 nitrogen and oxygen atoms in total. The zero-order chi connectivity index (χ0) is 23.5. The number of piperidine rings is 1. The van der Waals surface area contributed by atoms with Gasteiger partial charge in [0, 0.05) is 36.3 Å². The number of amides is 2. The van der Waals surface area contributed by atoms with Crippen LogP contribution < -0.4 is 14.8 Å². The van der Waals surface area contributed by atoms with Gasteiger partial charge in [0.1, 0.15) is 11.5 Å². The number of ether oxygens (including phenoxy) is 2. The summed E-state index contributed by atoms with van der Waals surface area (Å²) >= 11 is 0. The quantitative estimate of drug-likeness (QED) is 0.727. The molecule has 0 bridgehead atoms. The number of anilines is 1. The third kappa shape index (κ3) is 5.33. The van der Waals surface area contributed by atoms with Crippen LogP contribution in [0.3, 0.4) is 0 Å². The zero-order valence-corrected chi connectivity index (χ0v) is 18.1. The number of carbonyl (C=O) groups excluding carboxylic acids is 2. The highest BCUT2D eigenvalue weighted by Gasteiger charge is 2.33. The van der Waals surface area contributed by atoms with E-state index in [0.717, 1.165) is 6.07 Å². The monoisotopic (exact) mass is 450 g/mol. The van der Waals surface area contributed by atoms with E-state index in [0.29, 0.717) is 43.0 Å². The predicted molar refractivity (Wildman–Crippen MR) is 113 cm³/mol. The standard InChI is InChI=1S/C23H25F3N2O4/c1-14-4-5-17(12-20(14)23(24,25)26)27-21(29)15-6-8-28(9-7-15)22(30)16-10-18(31-2)13-19(11-16)32-3/h4-5,10-13,15H,6-9H2,1-3H3,(H,27,29). The van der Waals surface area contributed by atoms with E-state index in [1.54, 1.807) is 23.1 Å². The van der Waals surface area contributed by atoms with Crippen molar-refractivity contribution in [2.75, 3.05) is 32.6 Å². The van der Waals surface area contributed by atoms with Crippen molar-refractivity contribution in [3.05, 3.63) is 53.1 Å². The molecular weight excluding hydrogens is 425 g/mol. The summed E-state index contributed by atoms with van der Waals surface area (Å²) in [6, 6.07) is 8.66. The number of hydrogen-bond acceptors (Lipinski definition) is 4. The molecule has 172 valence electrons. The van der Waals surface area contributed by atoms with E-state index in [1.807, 2.05) is 0 Å². The third-order valence-corrected chi connectivity index (χ3v) is 5.56. The van der Waals surface area contributed by atoms with Crippen molar-refractivity contribution in [1.29, 1.82) is 0 Å². The van der Waals surface area contributed by atoms with Gasteiger partial charge in [-0.05, 0) is 49.6 Å². The average Bonchev–Trinajstić information content (AvgIpc) is 2.78. The molecule has 0 aliphatic carbocycles. The summed E-state index contributed by atoms with van der Waals surface area (Å²) in [5, 5.41) is 2.58. The molecular formula is C23H25F3N2O4. The van der Waals surface area contributed by atoms with Gasteiger partial charge in [-0.25, -0.2) is 0 Å². The molecule has 0 radical (unpaired) electrons. The second kappa shape index (κ2) is 9.50. The van der Waals surface area contributed by atoms with Crippen LogP contribution in [-0.2, 0) is 11.0 Å². The topological polar surface area (TPSA) is 67.9 Å². The number of alkyl halides is 3. The van der Waals surface area contributed by atoms with Crippen molar-refractivity contribution in [3.63, 3.8) is 0 Å². The van der Waals surface area contributed by atoms with Gasteiger partial charge in [0.2, 0.25) is 5.91 Å². The van der Waals surface area contributed by atoms with E-state index in [2.05, 4.69) is 5.32 Å². The van der Waals surface area contributed by atoms with Crippen LogP contribution in [0.25, 0.3) is 0 Å². The Balaban J connectivity index is 1.62. The van der Waals surface area contributed by atoms with Gasteiger partial charge in [-0.3, -0.25) is 9.59 Å². The summed E-state index contributed by atoms with van der Waals surface area (Å²) in [6.45, 7) is 2.09. The second-order valence-electron chi connectivity index (χ2n) is 7.68. The first-order valence-corrected chi connectivity index (χ1v) is 10.1. The van der Waals surface area contributed by atoms with Gasteiger partial charge < -0.3 is 19.7 Å². The lowest BCUT2D eigenvalue weighted by atomic mass is 9.95. The maximum absolute atomic E-state index is 13.1. The molecule has 1 aliphatic rings. The van der Waals surface area contributed by atoms with Crippen molar-refractivity contribution in [1.82, 2.24) is 4.90 Å². The molecule has 2 aromatic carbocycles. The lowest BCUT2D eigenvalue weighted by molar-refractivity contribution is -0.138. The molecule has 1 heterocycles. The highest BCUT2D eigenvalue weighted by atomic mass is 19.4. The Kier molecular flexibility index (Phi) is 6.96. The van der Waals surface area contributed by atoms with Crippen LogP contribution >= 0.6 is 0 Å². The summed E-state index contributed by atoms with van der Waals surface area (Å²) < 4.78 is 49.7. The van der Waals surface area contributed by atoms with Crippen molar-refractivity contribution >= 4 is 17.5 Å². The van der Waals surface area contributed by atoms with Gasteiger partial charge in [0.05, 0.1) is 19.8 Å². The molecule has 1 aliphatic heterocycles. The van der Waals surface area contributed by atoms with Crippen LogP contribution in [0.1, 0.15) is 34.3 Å². The van der Waals surface area contributed by atoms with Crippen LogP contribution in [-0.4, -0.2) is 44.0 Å². The fraction of sp³-hybridized carbons (Fsp3) is 0.391. The Labute approximate surface area is 184 Å². The van der Waals surface area contributed by atoms with E-state index >= 15 is 0 Å². The molecule has 32 heavy (non-hydrogen) atoms. The Morgan fingerprint density at radius 1 is 1.00 bits per heavy atom. The number of aryl methyl sites for hydroxylation is 1. The molecule has 0 saturated carbocycles. The zero-order valence-electron chi connectivity index (χ0n) is 18.1. The van der Waals surface area contributed by atoms with E-state index in [9.17, 15) is 22.8 Å². The van der Waals surface area contributed by atoms with Crippen molar-refractivity contribution in [3.8, 4) is 11.5 Å². The van der Waals surface area contributed by atoms with Crippen molar-refractivity contribution in [2.45, 2.75) is 25.9 Å². The van der Waals surface area contributed by atoms with Gasteiger partial charge in [0.15, 0.2) is 0 Å².